The van der Waals surface area contributed by atoms with Crippen LogP contribution >= 0.6 is 0 Å². The lowest BCUT2D eigenvalue weighted by atomic mass is 10.6. The zero-order valence-corrected chi connectivity index (χ0v) is 4.89. The van der Waals surface area contributed by atoms with Gasteiger partial charge in [-0.05, 0) is 0 Å². The van der Waals surface area contributed by atoms with Crippen LogP contribution in [-0.2, 0) is 0 Å². The van der Waals surface area contributed by atoms with Crippen LogP contribution in [0.1, 0.15) is 0 Å². The molecule has 0 aromatic carbocycles. The summed E-state index contributed by atoms with van der Waals surface area (Å²) in [6, 6.07) is 0. The van der Waals surface area contributed by atoms with Crippen molar-refractivity contribution in [2.24, 2.45) is 5.73 Å². The van der Waals surface area contributed by atoms with Gasteiger partial charge in [-0.25, -0.2) is 0 Å². The zero-order chi connectivity index (χ0) is 8.15. The molecule has 0 unspecified atom stereocenters. The Labute approximate surface area is 55.4 Å². The van der Waals surface area contributed by atoms with Crippen LogP contribution in [0.4, 0.5) is 0 Å². The minimum absolute atomic E-state index is 0.211. The third kappa shape index (κ3) is 2.18. The van der Waals surface area contributed by atoms with Crippen molar-refractivity contribution in [3.8, 4) is 0 Å². The second-order valence-electron chi connectivity index (χ2n) is 1.31. The second kappa shape index (κ2) is 3.51. The first-order valence-corrected chi connectivity index (χ1v) is 2.28. The molecule has 0 fully saturated rings. The minimum Gasteiger partial charge on any atom is -0.327 e. The Morgan fingerprint density at radius 2 is 1.80 bits per heavy atom. The molecule has 0 aromatic rings. The molecule has 0 radical (unpaired) electrons. The highest BCUT2D eigenvalue weighted by atomic mass is 16.7. The van der Waals surface area contributed by atoms with Gasteiger partial charge < -0.3 is 5.73 Å². The number of nitrogens with zero attached hydrogens (tertiary/aromatic N) is 2. The van der Waals surface area contributed by atoms with Crippen LogP contribution in [0.5, 0.6) is 0 Å². The minimum atomic E-state index is -1.09. The van der Waals surface area contributed by atoms with E-state index < -0.39 is 15.7 Å². The molecule has 0 atom stereocenters. The van der Waals surface area contributed by atoms with Gasteiger partial charge in [0.1, 0.15) is 9.85 Å². The molecule has 7 heteroatoms. The highest BCUT2D eigenvalue weighted by Crippen LogP contribution is 1.93. The number of nitro groups is 2. The van der Waals surface area contributed by atoms with Crippen molar-refractivity contribution in [3.05, 3.63) is 32.1 Å². The number of hydrogen-bond donors (Lipinski definition) is 1. The third-order valence-corrected chi connectivity index (χ3v) is 0.675. The van der Waals surface area contributed by atoms with Crippen LogP contribution in [0.3, 0.4) is 0 Å². The summed E-state index contributed by atoms with van der Waals surface area (Å²) in [4.78, 5) is 17.4. The molecule has 0 amide bonds. The SMILES string of the molecule is NCC=C([N+](=O)[O-])[N+](=O)[O-]. The largest absolute Gasteiger partial charge is 0.555 e. The van der Waals surface area contributed by atoms with Crippen molar-refractivity contribution < 1.29 is 9.85 Å². The molecule has 0 aromatic heterocycles. The van der Waals surface area contributed by atoms with E-state index in [1.54, 1.807) is 0 Å². The van der Waals surface area contributed by atoms with E-state index in [2.05, 4.69) is 0 Å². The summed E-state index contributed by atoms with van der Waals surface area (Å²) in [5, 5.41) is 19.5. The molecule has 2 N–H and O–H groups in total. The highest BCUT2D eigenvalue weighted by molar-refractivity contribution is 4.81. The quantitative estimate of drug-likeness (QED) is 0.420. The lowest BCUT2D eigenvalue weighted by Gasteiger charge is -1.84. The zero-order valence-electron chi connectivity index (χ0n) is 4.89. The molecule has 0 saturated carbocycles. The first kappa shape index (κ1) is 8.50. The van der Waals surface area contributed by atoms with Crippen LogP contribution in [0.15, 0.2) is 11.9 Å². The van der Waals surface area contributed by atoms with Gasteiger partial charge in [-0.3, -0.25) is 20.2 Å². The van der Waals surface area contributed by atoms with Gasteiger partial charge in [0, 0.05) is 6.54 Å². The van der Waals surface area contributed by atoms with Gasteiger partial charge >= 0.3 is 5.82 Å². The van der Waals surface area contributed by atoms with Gasteiger partial charge in [0.15, 0.2) is 0 Å². The van der Waals surface area contributed by atoms with E-state index in [4.69, 9.17) is 5.73 Å². The van der Waals surface area contributed by atoms with E-state index in [0.717, 1.165) is 6.08 Å². The van der Waals surface area contributed by atoms with Gasteiger partial charge in [-0.1, -0.05) is 0 Å². The summed E-state index contributed by atoms with van der Waals surface area (Å²) in [6.45, 7) is -0.211. The predicted molar refractivity (Wildman–Crippen MR) is 31.1 cm³/mol. The molecule has 0 aliphatic carbocycles. The summed E-state index contributed by atoms with van der Waals surface area (Å²) in [5.41, 5.74) is 4.82. The summed E-state index contributed by atoms with van der Waals surface area (Å²) in [5.74, 6) is -1.08. The third-order valence-electron chi connectivity index (χ3n) is 0.675. The van der Waals surface area contributed by atoms with E-state index >= 15 is 0 Å². The van der Waals surface area contributed by atoms with E-state index in [9.17, 15) is 20.2 Å². The van der Waals surface area contributed by atoms with Crippen LogP contribution in [-0.4, -0.2) is 16.4 Å². The number of hydrogen-bond acceptors (Lipinski definition) is 5. The summed E-state index contributed by atoms with van der Waals surface area (Å²) in [7, 11) is 0. The van der Waals surface area contributed by atoms with Crippen LogP contribution in [0, 0.1) is 20.2 Å². The van der Waals surface area contributed by atoms with Gasteiger partial charge in [-0.2, -0.15) is 0 Å². The summed E-state index contributed by atoms with van der Waals surface area (Å²) < 4.78 is 0. The van der Waals surface area contributed by atoms with Gasteiger partial charge in [0.2, 0.25) is 0 Å². The first-order chi connectivity index (χ1) is 4.59. The first-order valence-electron chi connectivity index (χ1n) is 2.28. The molecule has 0 aliphatic heterocycles. The average Bonchev–Trinajstić information content (AvgIpc) is 1.81. The van der Waals surface area contributed by atoms with Crippen molar-refractivity contribution in [3.63, 3.8) is 0 Å². The fourth-order valence-electron chi connectivity index (χ4n) is 0.321. The molecule has 0 saturated heterocycles. The molecule has 0 heterocycles. The maximum Gasteiger partial charge on any atom is 0.555 e. The molecule has 0 aliphatic rings. The average molecular weight is 147 g/mol. The Balaban J connectivity index is 4.42. The van der Waals surface area contributed by atoms with Crippen molar-refractivity contribution >= 4 is 0 Å². The highest BCUT2D eigenvalue weighted by Gasteiger charge is 2.23. The Bertz CT molecular complexity index is 170. The van der Waals surface area contributed by atoms with E-state index in [0.29, 0.717) is 0 Å². The maximum absolute atomic E-state index is 9.77. The predicted octanol–water partition coefficient (Wildman–Crippen LogP) is -0.660. The number of rotatable bonds is 3. The van der Waals surface area contributed by atoms with E-state index in [1.807, 2.05) is 0 Å². The number of nitrogens with two attached hydrogens (primary N) is 1. The lowest BCUT2D eigenvalue weighted by molar-refractivity contribution is -0.616. The molecule has 0 rings (SSSR count). The lowest BCUT2D eigenvalue weighted by Crippen LogP contribution is -2.11. The van der Waals surface area contributed by atoms with Crippen molar-refractivity contribution in [1.82, 2.24) is 0 Å². The van der Waals surface area contributed by atoms with Gasteiger partial charge in [0.05, 0.1) is 6.08 Å². The molecule has 56 valence electrons. The van der Waals surface area contributed by atoms with Crippen molar-refractivity contribution in [2.75, 3.05) is 6.54 Å². The Morgan fingerprint density at radius 3 is 1.90 bits per heavy atom. The summed E-state index contributed by atoms with van der Waals surface area (Å²) >= 11 is 0. The van der Waals surface area contributed by atoms with Crippen LogP contribution < -0.4 is 5.73 Å². The van der Waals surface area contributed by atoms with Crippen molar-refractivity contribution in [2.45, 2.75) is 0 Å². The topological polar surface area (TPSA) is 112 Å². The molecule has 0 bridgehead atoms. The molecular weight excluding hydrogens is 142 g/mol. The Kier molecular flexibility index (Phi) is 2.98. The molecule has 0 spiro atoms. The van der Waals surface area contributed by atoms with Crippen molar-refractivity contribution in [1.29, 1.82) is 0 Å². The monoisotopic (exact) mass is 147 g/mol. The molecule has 10 heavy (non-hydrogen) atoms. The molecule has 7 nitrogen and oxygen atoms in total. The van der Waals surface area contributed by atoms with E-state index in [-0.39, 0.29) is 6.54 Å². The van der Waals surface area contributed by atoms with Crippen LogP contribution in [0.25, 0.3) is 0 Å². The molecular formula is C3H5N3O4. The van der Waals surface area contributed by atoms with Gasteiger partial charge in [0.25, 0.3) is 0 Å². The van der Waals surface area contributed by atoms with Gasteiger partial charge in [-0.15, -0.1) is 0 Å². The smallest absolute Gasteiger partial charge is 0.327 e. The normalized spacial score (nSPS) is 8.50. The van der Waals surface area contributed by atoms with Crippen LogP contribution in [0.2, 0.25) is 0 Å². The second-order valence-corrected chi connectivity index (χ2v) is 1.31. The maximum atomic E-state index is 9.77. The van der Waals surface area contributed by atoms with E-state index in [1.165, 1.54) is 0 Å². The Morgan fingerprint density at radius 1 is 1.40 bits per heavy atom. The fraction of sp³-hybridized carbons (Fsp3) is 0.333. The standard InChI is InChI=1S/C3H5N3O4/c4-2-1-3(5(7)8)6(9)10/h1H,2,4H2. The fourth-order valence-corrected chi connectivity index (χ4v) is 0.321. The summed E-state index contributed by atoms with van der Waals surface area (Å²) in [6.07, 6.45) is 0.736. The Hall–Kier alpha value is -1.50.